The minimum absolute atomic E-state index is 0.202. The predicted molar refractivity (Wildman–Crippen MR) is 92.6 cm³/mol. The van der Waals surface area contributed by atoms with Crippen molar-refractivity contribution in [2.45, 2.75) is 58.5 Å². The first-order valence-electron chi connectivity index (χ1n) is 8.22. The molecule has 0 aliphatic heterocycles. The third kappa shape index (κ3) is 8.00. The average Bonchev–Trinajstić information content (AvgIpc) is 2.53. The highest BCUT2D eigenvalue weighted by Crippen LogP contribution is 2.21. The molecule has 0 bridgehead atoms. The molecule has 0 heterocycles. The Balaban J connectivity index is 2.21. The molecule has 0 N–H and O–H groups in total. The lowest BCUT2D eigenvalue weighted by Gasteiger charge is -2.13. The summed E-state index contributed by atoms with van der Waals surface area (Å²) in [4.78, 5) is 0. The summed E-state index contributed by atoms with van der Waals surface area (Å²) < 4.78 is 5.52. The first-order valence-corrected chi connectivity index (χ1v) is 8.22. The van der Waals surface area contributed by atoms with Gasteiger partial charge in [0.25, 0.3) is 0 Å². The Morgan fingerprint density at radius 1 is 1.23 bits per heavy atom. The zero-order chi connectivity index (χ0) is 16.3. The quantitative estimate of drug-likeness (QED) is 0.434. The molecule has 0 saturated heterocycles. The van der Waals surface area contributed by atoms with Crippen molar-refractivity contribution >= 4 is 0 Å². The molecule has 0 fully saturated rings. The van der Waals surface area contributed by atoms with Gasteiger partial charge in [0.15, 0.2) is 0 Å². The fourth-order valence-electron chi connectivity index (χ4n) is 2.41. The van der Waals surface area contributed by atoms with Crippen LogP contribution in [0, 0.1) is 16.7 Å². The summed E-state index contributed by atoms with van der Waals surface area (Å²) in [6.45, 7) is 4.00. The molecule has 1 atom stereocenters. The molecular weight excluding hydrogens is 270 g/mol. The van der Waals surface area contributed by atoms with Crippen LogP contribution in [0.4, 0.5) is 0 Å². The van der Waals surface area contributed by atoms with Crippen LogP contribution in [0.1, 0.15) is 51.5 Å². The topological polar surface area (TPSA) is 33.0 Å². The highest BCUT2D eigenvalue weighted by molar-refractivity contribution is 5.14. The van der Waals surface area contributed by atoms with Crippen molar-refractivity contribution in [3.63, 3.8) is 0 Å². The molecule has 1 aromatic rings. The van der Waals surface area contributed by atoms with Crippen LogP contribution in [0.15, 0.2) is 42.5 Å². The minimum atomic E-state index is -0.204. The maximum Gasteiger partial charge on any atom is 0.0752 e. The van der Waals surface area contributed by atoms with Crippen molar-refractivity contribution < 1.29 is 4.74 Å². The second-order valence-corrected chi connectivity index (χ2v) is 6.47. The molecule has 2 nitrogen and oxygen atoms in total. The SMILES string of the molecule is CO[C@@H](/C=C/CCCC(C)(C)C#N)CCCc1ccccc1. The van der Waals surface area contributed by atoms with Crippen LogP contribution in [-0.2, 0) is 11.2 Å². The smallest absolute Gasteiger partial charge is 0.0752 e. The summed E-state index contributed by atoms with van der Waals surface area (Å²) in [6.07, 6.45) is 10.9. The minimum Gasteiger partial charge on any atom is -0.377 e. The van der Waals surface area contributed by atoms with Crippen LogP contribution in [-0.4, -0.2) is 13.2 Å². The summed E-state index contributed by atoms with van der Waals surface area (Å²) >= 11 is 0. The molecule has 2 heteroatoms. The first-order chi connectivity index (χ1) is 10.6. The normalized spacial score (nSPS) is 13.2. The van der Waals surface area contributed by atoms with E-state index in [1.807, 2.05) is 13.8 Å². The first kappa shape index (κ1) is 18.5. The van der Waals surface area contributed by atoms with Crippen molar-refractivity contribution in [1.82, 2.24) is 0 Å². The number of rotatable bonds is 10. The van der Waals surface area contributed by atoms with Crippen molar-refractivity contribution in [1.29, 1.82) is 5.26 Å². The third-order valence-electron chi connectivity index (χ3n) is 3.93. The van der Waals surface area contributed by atoms with E-state index in [0.29, 0.717) is 0 Å². The van der Waals surface area contributed by atoms with Crippen molar-refractivity contribution in [3.8, 4) is 6.07 Å². The molecule has 0 amide bonds. The number of unbranched alkanes of at least 4 members (excludes halogenated alkanes) is 1. The van der Waals surface area contributed by atoms with Crippen LogP contribution in [0.5, 0.6) is 0 Å². The molecule has 0 radical (unpaired) electrons. The fraction of sp³-hybridized carbons (Fsp3) is 0.550. The van der Waals surface area contributed by atoms with Gasteiger partial charge in [-0.15, -0.1) is 0 Å². The van der Waals surface area contributed by atoms with E-state index in [0.717, 1.165) is 38.5 Å². The highest BCUT2D eigenvalue weighted by Gasteiger charge is 2.14. The maximum absolute atomic E-state index is 8.98. The van der Waals surface area contributed by atoms with E-state index in [2.05, 4.69) is 48.6 Å². The van der Waals surface area contributed by atoms with Gasteiger partial charge >= 0.3 is 0 Å². The molecule has 0 saturated carbocycles. The number of ether oxygens (including phenoxy) is 1. The monoisotopic (exact) mass is 299 g/mol. The van der Waals surface area contributed by atoms with Crippen molar-refractivity contribution in [2.24, 2.45) is 5.41 Å². The molecule has 120 valence electrons. The number of hydrogen-bond donors (Lipinski definition) is 0. The van der Waals surface area contributed by atoms with Gasteiger partial charge in [0.1, 0.15) is 0 Å². The standard InChI is InChI=1S/C20H29NO/c1-20(2,17-21)16-9-5-8-14-19(22-3)15-10-13-18-11-6-4-7-12-18/h4,6-8,11-12,14,19H,5,9-10,13,15-16H2,1-3H3/b14-8+/t19-/m0/s1. The fourth-order valence-corrected chi connectivity index (χ4v) is 2.41. The van der Waals surface area contributed by atoms with Gasteiger partial charge in [-0.3, -0.25) is 0 Å². The van der Waals surface area contributed by atoms with E-state index in [9.17, 15) is 0 Å². The Morgan fingerprint density at radius 2 is 1.95 bits per heavy atom. The predicted octanol–water partition coefficient (Wildman–Crippen LogP) is 5.30. The summed E-state index contributed by atoms with van der Waals surface area (Å²) in [5.41, 5.74) is 1.18. The van der Waals surface area contributed by atoms with Crippen LogP contribution >= 0.6 is 0 Å². The lowest BCUT2D eigenvalue weighted by Crippen LogP contribution is -2.08. The molecule has 0 aliphatic carbocycles. The highest BCUT2D eigenvalue weighted by atomic mass is 16.5. The number of allylic oxidation sites excluding steroid dienone is 1. The van der Waals surface area contributed by atoms with Crippen molar-refractivity contribution in [3.05, 3.63) is 48.0 Å². The Hall–Kier alpha value is -1.59. The van der Waals surface area contributed by atoms with E-state index in [4.69, 9.17) is 10.00 Å². The van der Waals surface area contributed by atoms with Crippen LogP contribution < -0.4 is 0 Å². The number of aryl methyl sites for hydroxylation is 1. The van der Waals surface area contributed by atoms with Gasteiger partial charge in [-0.1, -0.05) is 42.5 Å². The van der Waals surface area contributed by atoms with Gasteiger partial charge in [0, 0.05) is 7.11 Å². The van der Waals surface area contributed by atoms with E-state index < -0.39 is 0 Å². The number of hydrogen-bond acceptors (Lipinski definition) is 2. The zero-order valence-corrected chi connectivity index (χ0v) is 14.2. The molecule has 0 spiro atoms. The molecule has 0 aromatic heterocycles. The lowest BCUT2D eigenvalue weighted by atomic mass is 9.89. The largest absolute Gasteiger partial charge is 0.377 e. The molecule has 1 aromatic carbocycles. The van der Waals surface area contributed by atoms with Gasteiger partial charge in [-0.2, -0.15) is 5.26 Å². The number of methoxy groups -OCH3 is 1. The van der Waals surface area contributed by atoms with Crippen LogP contribution in [0.2, 0.25) is 0 Å². The van der Waals surface area contributed by atoms with E-state index in [1.54, 1.807) is 7.11 Å². The van der Waals surface area contributed by atoms with Gasteiger partial charge in [-0.25, -0.2) is 0 Å². The maximum atomic E-state index is 8.98. The summed E-state index contributed by atoms with van der Waals surface area (Å²) in [6, 6.07) is 12.9. The second-order valence-electron chi connectivity index (χ2n) is 6.47. The second kappa shape index (κ2) is 10.2. The average molecular weight is 299 g/mol. The number of nitriles is 1. The Bertz CT molecular complexity index is 470. The van der Waals surface area contributed by atoms with E-state index in [-0.39, 0.29) is 11.5 Å². The van der Waals surface area contributed by atoms with Crippen molar-refractivity contribution in [2.75, 3.05) is 7.11 Å². The molecule has 22 heavy (non-hydrogen) atoms. The number of benzene rings is 1. The Kier molecular flexibility index (Phi) is 8.55. The lowest BCUT2D eigenvalue weighted by molar-refractivity contribution is 0.131. The van der Waals surface area contributed by atoms with Gasteiger partial charge in [-0.05, 0) is 57.9 Å². The summed E-state index contributed by atoms with van der Waals surface area (Å²) in [5, 5.41) is 8.98. The molecule has 0 aliphatic rings. The van der Waals surface area contributed by atoms with Crippen LogP contribution in [0.3, 0.4) is 0 Å². The molecule has 0 unspecified atom stereocenters. The Labute approximate surface area is 135 Å². The zero-order valence-electron chi connectivity index (χ0n) is 14.2. The number of nitrogens with zero attached hydrogens (tertiary/aromatic N) is 1. The van der Waals surface area contributed by atoms with Gasteiger partial charge in [0.05, 0.1) is 17.6 Å². The molecule has 1 rings (SSSR count). The van der Waals surface area contributed by atoms with Crippen LogP contribution in [0.25, 0.3) is 0 Å². The third-order valence-corrected chi connectivity index (χ3v) is 3.93. The summed E-state index contributed by atoms with van der Waals surface area (Å²) in [5.74, 6) is 0. The van der Waals surface area contributed by atoms with E-state index >= 15 is 0 Å². The Morgan fingerprint density at radius 3 is 2.59 bits per heavy atom. The van der Waals surface area contributed by atoms with Gasteiger partial charge in [0.2, 0.25) is 0 Å². The van der Waals surface area contributed by atoms with E-state index in [1.165, 1.54) is 5.56 Å². The molecular formula is C20H29NO. The summed E-state index contributed by atoms with van der Waals surface area (Å²) in [7, 11) is 1.77. The van der Waals surface area contributed by atoms with Gasteiger partial charge < -0.3 is 4.74 Å².